The lowest BCUT2D eigenvalue weighted by Gasteiger charge is -2.37. The highest BCUT2D eigenvalue weighted by Crippen LogP contribution is 2.46. The molecule has 2 bridgehead atoms. The molecule has 1 saturated carbocycles. The van der Waals surface area contributed by atoms with Gasteiger partial charge >= 0.3 is 5.97 Å². The zero-order chi connectivity index (χ0) is 32.6. The van der Waals surface area contributed by atoms with Crippen LogP contribution in [0.25, 0.3) is 11.1 Å². The molecular weight excluding hydrogens is 648 g/mol. The molecule has 0 radical (unpaired) electrons. The second kappa shape index (κ2) is 11.8. The van der Waals surface area contributed by atoms with Crippen LogP contribution in [0.2, 0.25) is 10.0 Å². The number of para-hydroxylation sites is 1. The topological polar surface area (TPSA) is 91.8 Å². The molecule has 3 saturated heterocycles. The van der Waals surface area contributed by atoms with Gasteiger partial charge in [-0.3, -0.25) is 4.79 Å². The molecule has 8 rings (SSSR count). The van der Waals surface area contributed by atoms with E-state index in [0.717, 1.165) is 44.1 Å². The summed E-state index contributed by atoms with van der Waals surface area (Å²) in [7, 11) is 1.75. The SMILES string of the molecule is COC1CC2CN(c3cc(Cl)c(C(=O)N4COc5c(cccc5-c5cc(N6C7CCC6COC7)c(C(=O)O)cc5F)C4)c(Cl)c3)CC21. The molecule has 9 nitrogen and oxygen atoms in total. The largest absolute Gasteiger partial charge is 0.478 e. The predicted molar refractivity (Wildman–Crippen MR) is 175 cm³/mol. The number of carboxylic acids is 1. The number of carbonyl (C=O) groups excluding carboxylic acids is 1. The summed E-state index contributed by atoms with van der Waals surface area (Å²) in [5, 5.41) is 10.5. The first-order valence-corrected chi connectivity index (χ1v) is 16.7. The van der Waals surface area contributed by atoms with Crippen molar-refractivity contribution >= 4 is 46.5 Å². The van der Waals surface area contributed by atoms with Crippen molar-refractivity contribution in [3.05, 3.63) is 75.0 Å². The van der Waals surface area contributed by atoms with Crippen molar-refractivity contribution < 1.29 is 33.3 Å². The number of aromatic carboxylic acids is 1. The van der Waals surface area contributed by atoms with Crippen molar-refractivity contribution in [2.75, 3.05) is 49.9 Å². The summed E-state index contributed by atoms with van der Waals surface area (Å²) in [6, 6.07) is 11.7. The third-order valence-corrected chi connectivity index (χ3v) is 11.2. The van der Waals surface area contributed by atoms with Crippen molar-refractivity contribution in [1.82, 2.24) is 4.90 Å². The van der Waals surface area contributed by atoms with Crippen LogP contribution in [0.15, 0.2) is 42.5 Å². The van der Waals surface area contributed by atoms with E-state index in [2.05, 4.69) is 9.80 Å². The van der Waals surface area contributed by atoms with E-state index in [1.54, 1.807) is 37.4 Å². The van der Waals surface area contributed by atoms with Gasteiger partial charge in [0.25, 0.3) is 5.91 Å². The maximum Gasteiger partial charge on any atom is 0.337 e. The molecule has 4 heterocycles. The van der Waals surface area contributed by atoms with Crippen LogP contribution in [0.5, 0.6) is 5.75 Å². The Labute approximate surface area is 281 Å². The molecule has 5 unspecified atom stereocenters. The fourth-order valence-corrected chi connectivity index (χ4v) is 8.86. The number of carbonyl (C=O) groups is 2. The molecule has 12 heteroatoms. The minimum atomic E-state index is -1.19. The Hall–Kier alpha value is -3.57. The Morgan fingerprint density at radius 2 is 1.77 bits per heavy atom. The summed E-state index contributed by atoms with van der Waals surface area (Å²) in [4.78, 5) is 31.9. The van der Waals surface area contributed by atoms with E-state index in [1.807, 2.05) is 6.07 Å². The Kier molecular flexibility index (Phi) is 7.74. The number of carboxylic acid groups (broad SMARTS) is 1. The molecule has 1 N–H and O–H groups in total. The quantitative estimate of drug-likeness (QED) is 0.323. The van der Waals surface area contributed by atoms with Gasteiger partial charge in [0, 0.05) is 48.5 Å². The summed E-state index contributed by atoms with van der Waals surface area (Å²) in [6.45, 7) is 2.86. The number of ether oxygens (including phenoxy) is 3. The average molecular weight is 683 g/mol. The first kappa shape index (κ1) is 30.7. The van der Waals surface area contributed by atoms with Gasteiger partial charge < -0.3 is 34.0 Å². The average Bonchev–Trinajstić information content (AvgIpc) is 3.51. The monoisotopic (exact) mass is 681 g/mol. The summed E-state index contributed by atoms with van der Waals surface area (Å²) in [5.41, 5.74) is 2.89. The van der Waals surface area contributed by atoms with Crippen molar-refractivity contribution in [2.24, 2.45) is 11.8 Å². The lowest BCUT2D eigenvalue weighted by molar-refractivity contribution is -0.0389. The van der Waals surface area contributed by atoms with Crippen LogP contribution in [-0.4, -0.2) is 80.2 Å². The number of nitrogens with zero attached hydrogens (tertiary/aromatic N) is 3. The Bertz CT molecular complexity index is 1750. The summed E-state index contributed by atoms with van der Waals surface area (Å²) in [6.07, 6.45) is 3.09. The second-order valence-electron chi connectivity index (χ2n) is 13.2. The van der Waals surface area contributed by atoms with Gasteiger partial charge in [0.2, 0.25) is 0 Å². The van der Waals surface area contributed by atoms with Gasteiger partial charge in [0.15, 0.2) is 6.73 Å². The Balaban J connectivity index is 1.06. The Morgan fingerprint density at radius 1 is 1.02 bits per heavy atom. The van der Waals surface area contributed by atoms with Gasteiger partial charge in [-0.05, 0) is 49.4 Å². The van der Waals surface area contributed by atoms with E-state index < -0.39 is 11.8 Å². The number of anilines is 2. The summed E-state index contributed by atoms with van der Waals surface area (Å²) in [5.74, 6) is -0.706. The van der Waals surface area contributed by atoms with Gasteiger partial charge in [0.1, 0.15) is 11.6 Å². The highest BCUT2D eigenvalue weighted by molar-refractivity contribution is 6.40. The third kappa shape index (κ3) is 5.12. The number of amides is 1. The van der Waals surface area contributed by atoms with Gasteiger partial charge in [0.05, 0.1) is 64.8 Å². The molecule has 47 heavy (non-hydrogen) atoms. The summed E-state index contributed by atoms with van der Waals surface area (Å²) >= 11 is 13.4. The van der Waals surface area contributed by atoms with Crippen molar-refractivity contribution in [1.29, 1.82) is 0 Å². The normalized spacial score (nSPS) is 26.0. The molecule has 0 aromatic heterocycles. The zero-order valence-corrected chi connectivity index (χ0v) is 27.3. The minimum Gasteiger partial charge on any atom is -0.478 e. The van der Waals surface area contributed by atoms with Crippen LogP contribution in [0.3, 0.4) is 0 Å². The molecule has 4 aliphatic heterocycles. The molecular formula is C35H34Cl2FN3O6. The summed E-state index contributed by atoms with van der Waals surface area (Å²) < 4.78 is 33.1. The van der Waals surface area contributed by atoms with Crippen molar-refractivity contribution in [3.63, 3.8) is 0 Å². The highest BCUT2D eigenvalue weighted by Gasteiger charge is 2.47. The first-order valence-electron chi connectivity index (χ1n) is 16.0. The fourth-order valence-electron chi connectivity index (χ4n) is 8.22. The van der Waals surface area contributed by atoms with E-state index in [0.29, 0.717) is 47.6 Å². The molecule has 5 atom stereocenters. The third-order valence-electron chi connectivity index (χ3n) is 10.6. The van der Waals surface area contributed by atoms with Crippen molar-refractivity contribution in [3.8, 4) is 16.9 Å². The smallest absolute Gasteiger partial charge is 0.337 e. The zero-order valence-electron chi connectivity index (χ0n) is 25.8. The van der Waals surface area contributed by atoms with Crippen LogP contribution in [0.1, 0.15) is 45.5 Å². The maximum absolute atomic E-state index is 15.7. The first-order chi connectivity index (χ1) is 22.7. The number of hydrogen-bond donors (Lipinski definition) is 1. The fraction of sp³-hybridized carbons (Fsp3) is 0.429. The maximum atomic E-state index is 15.7. The van der Waals surface area contributed by atoms with Crippen LogP contribution in [0, 0.1) is 17.7 Å². The van der Waals surface area contributed by atoms with Gasteiger partial charge in [-0.1, -0.05) is 41.4 Å². The van der Waals surface area contributed by atoms with Crippen LogP contribution in [-0.2, 0) is 16.0 Å². The predicted octanol–water partition coefficient (Wildman–Crippen LogP) is 6.33. The highest BCUT2D eigenvalue weighted by atomic mass is 35.5. The van der Waals surface area contributed by atoms with E-state index >= 15 is 4.39 Å². The van der Waals surface area contributed by atoms with E-state index in [9.17, 15) is 14.7 Å². The van der Waals surface area contributed by atoms with Gasteiger partial charge in [-0.25, -0.2) is 9.18 Å². The molecule has 1 aliphatic carbocycles. The van der Waals surface area contributed by atoms with Crippen LogP contribution >= 0.6 is 23.2 Å². The number of morpholine rings is 1. The molecule has 3 aromatic rings. The standard InChI is InChI=1S/C35H34Cl2FN3O6/c1-45-31-7-19-13-39(14-26(19)31)22-8-27(36)32(28(37)9-22)34(42)40-12-18-3-2-4-23(33(18)47-17-40)24-11-30(25(35(43)44)10-29(24)38)41-20-5-6-21(41)16-46-15-20/h2-4,8-11,19-21,26,31H,5-7,12-17H2,1H3,(H,43,44). The van der Waals surface area contributed by atoms with Crippen molar-refractivity contribution in [2.45, 2.75) is 44.0 Å². The molecule has 246 valence electrons. The number of halogens is 3. The van der Waals surface area contributed by atoms with Gasteiger partial charge in [-0.15, -0.1) is 0 Å². The van der Waals surface area contributed by atoms with Crippen LogP contribution in [0.4, 0.5) is 15.8 Å². The van der Waals surface area contributed by atoms with E-state index in [4.69, 9.17) is 37.4 Å². The number of methoxy groups -OCH3 is 1. The van der Waals surface area contributed by atoms with Crippen LogP contribution < -0.4 is 14.5 Å². The molecule has 3 aromatic carbocycles. The molecule has 4 fully saturated rings. The minimum absolute atomic E-state index is 0.0341. The van der Waals surface area contributed by atoms with E-state index in [-0.39, 0.29) is 64.1 Å². The van der Waals surface area contributed by atoms with Gasteiger partial charge in [-0.2, -0.15) is 0 Å². The molecule has 5 aliphatic rings. The number of hydrogen-bond acceptors (Lipinski definition) is 7. The number of fused-ring (bicyclic) bond motifs is 4. The molecule has 1 amide bonds. The molecule has 0 spiro atoms. The number of rotatable bonds is 6. The lowest BCUT2D eigenvalue weighted by Crippen LogP contribution is -2.46. The second-order valence-corrected chi connectivity index (χ2v) is 14.0. The number of benzene rings is 3. The lowest BCUT2D eigenvalue weighted by atomic mass is 9.73. The van der Waals surface area contributed by atoms with E-state index in [1.165, 1.54) is 4.90 Å². The Morgan fingerprint density at radius 3 is 2.47 bits per heavy atom.